The van der Waals surface area contributed by atoms with Crippen LogP contribution in [0.1, 0.15) is 58.8 Å². The van der Waals surface area contributed by atoms with Gasteiger partial charge < -0.3 is 0 Å². The first-order valence-electron chi connectivity index (χ1n) is 6.17. The summed E-state index contributed by atoms with van der Waals surface area (Å²) in [5, 5.41) is 0. The third kappa shape index (κ3) is 7.29. The second-order valence-corrected chi connectivity index (χ2v) is 3.96. The summed E-state index contributed by atoms with van der Waals surface area (Å²) < 4.78 is 0. The first-order chi connectivity index (χ1) is 7.28. The Labute approximate surface area is 94.9 Å². The van der Waals surface area contributed by atoms with Gasteiger partial charge in [0.2, 0.25) is 0 Å². The Bertz CT molecular complexity index is 183. The molecule has 0 saturated carbocycles. The molecule has 0 aromatic rings. The Hall–Kier alpha value is -0.660. The average molecular weight is 210 g/mol. The van der Waals surface area contributed by atoms with E-state index in [4.69, 9.17) is 0 Å². The van der Waals surface area contributed by atoms with Crippen molar-refractivity contribution in [1.82, 2.24) is 0 Å². The topological polar surface area (TPSA) is 24.7 Å². The van der Waals surface area contributed by atoms with Crippen molar-refractivity contribution in [3.05, 3.63) is 0 Å². The molecule has 2 nitrogen and oxygen atoms in total. The maximum absolute atomic E-state index is 4.36. The molecular formula is C13H26N2. The highest BCUT2D eigenvalue weighted by atomic mass is 14.7. The van der Waals surface area contributed by atoms with Crippen molar-refractivity contribution >= 4 is 11.4 Å². The Morgan fingerprint density at radius 3 is 1.47 bits per heavy atom. The molecule has 0 spiro atoms. The summed E-state index contributed by atoms with van der Waals surface area (Å²) in [4.78, 5) is 8.71. The van der Waals surface area contributed by atoms with Crippen molar-refractivity contribution < 1.29 is 0 Å². The van der Waals surface area contributed by atoms with Crippen molar-refractivity contribution in [2.75, 3.05) is 14.1 Å². The van der Waals surface area contributed by atoms with Gasteiger partial charge in [0.25, 0.3) is 0 Å². The molecule has 0 aromatic carbocycles. The number of aliphatic imine (C=N–C) groups is 2. The van der Waals surface area contributed by atoms with E-state index in [1.165, 1.54) is 37.1 Å². The summed E-state index contributed by atoms with van der Waals surface area (Å²) in [5.74, 6) is 0. The van der Waals surface area contributed by atoms with E-state index in [1.54, 1.807) is 0 Å². The maximum Gasteiger partial charge on any atom is 0.0276 e. The van der Waals surface area contributed by atoms with E-state index in [2.05, 4.69) is 23.8 Å². The van der Waals surface area contributed by atoms with Crippen LogP contribution < -0.4 is 0 Å². The molecule has 0 unspecified atom stereocenters. The molecule has 0 rings (SSSR count). The quantitative estimate of drug-likeness (QED) is 0.543. The van der Waals surface area contributed by atoms with Crippen LogP contribution in [-0.4, -0.2) is 25.5 Å². The van der Waals surface area contributed by atoms with Gasteiger partial charge in [0.05, 0.1) is 0 Å². The van der Waals surface area contributed by atoms with E-state index >= 15 is 0 Å². The first-order valence-corrected chi connectivity index (χ1v) is 6.17. The number of rotatable bonds is 8. The number of nitrogens with zero attached hydrogens (tertiary/aromatic N) is 2. The third-order valence-electron chi connectivity index (χ3n) is 2.68. The third-order valence-corrected chi connectivity index (χ3v) is 2.68. The molecule has 0 aliphatic rings. The average Bonchev–Trinajstić information content (AvgIpc) is 2.28. The van der Waals surface area contributed by atoms with Crippen molar-refractivity contribution in [1.29, 1.82) is 0 Å². The lowest BCUT2D eigenvalue weighted by molar-refractivity contribution is 0.817. The standard InChI is InChI=1S/C13H26N2/c1-5-7-9-12(14-3)11-13(15-4)10-8-6-2/h5-11H2,1-4H3. The fraction of sp³-hybridized carbons (Fsp3) is 0.846. The Kier molecular flexibility index (Phi) is 9.44. The molecule has 0 aliphatic heterocycles. The van der Waals surface area contributed by atoms with Gasteiger partial charge in [0, 0.05) is 31.9 Å². The van der Waals surface area contributed by atoms with E-state index in [1.807, 2.05) is 14.1 Å². The summed E-state index contributed by atoms with van der Waals surface area (Å²) in [6.07, 6.45) is 8.25. The van der Waals surface area contributed by atoms with E-state index < -0.39 is 0 Å². The second kappa shape index (κ2) is 9.88. The van der Waals surface area contributed by atoms with Crippen LogP contribution in [0, 0.1) is 0 Å². The van der Waals surface area contributed by atoms with Gasteiger partial charge in [-0.05, 0) is 25.7 Å². The summed E-state index contributed by atoms with van der Waals surface area (Å²) in [7, 11) is 3.80. The van der Waals surface area contributed by atoms with Gasteiger partial charge in [-0.15, -0.1) is 0 Å². The molecule has 2 heteroatoms. The van der Waals surface area contributed by atoms with E-state index in [0.717, 1.165) is 19.3 Å². The highest BCUT2D eigenvalue weighted by Crippen LogP contribution is 2.06. The molecule has 0 fully saturated rings. The molecule has 15 heavy (non-hydrogen) atoms. The molecule has 0 heterocycles. The highest BCUT2D eigenvalue weighted by Gasteiger charge is 2.04. The lowest BCUT2D eigenvalue weighted by Crippen LogP contribution is -2.08. The Balaban J connectivity index is 4.02. The van der Waals surface area contributed by atoms with Gasteiger partial charge in [-0.3, -0.25) is 9.98 Å². The molecule has 0 radical (unpaired) electrons. The van der Waals surface area contributed by atoms with Gasteiger partial charge in [-0.2, -0.15) is 0 Å². The normalized spacial score (nSPS) is 13.3. The minimum Gasteiger partial charge on any atom is -0.297 e. The highest BCUT2D eigenvalue weighted by molar-refractivity contribution is 6.04. The first kappa shape index (κ1) is 14.3. The summed E-state index contributed by atoms with van der Waals surface area (Å²) in [5.41, 5.74) is 2.63. The lowest BCUT2D eigenvalue weighted by Gasteiger charge is -2.07. The molecule has 0 aliphatic carbocycles. The predicted molar refractivity (Wildman–Crippen MR) is 70.4 cm³/mol. The predicted octanol–water partition coefficient (Wildman–Crippen LogP) is 3.90. The molecule has 0 amide bonds. The zero-order valence-corrected chi connectivity index (χ0v) is 10.8. The lowest BCUT2D eigenvalue weighted by atomic mass is 10.0. The van der Waals surface area contributed by atoms with Gasteiger partial charge in [0.15, 0.2) is 0 Å². The van der Waals surface area contributed by atoms with Crippen molar-refractivity contribution in [2.45, 2.75) is 58.8 Å². The molecule has 0 atom stereocenters. The zero-order valence-electron chi connectivity index (χ0n) is 10.8. The summed E-state index contributed by atoms with van der Waals surface area (Å²) >= 11 is 0. The van der Waals surface area contributed by atoms with Gasteiger partial charge >= 0.3 is 0 Å². The smallest absolute Gasteiger partial charge is 0.0276 e. The summed E-state index contributed by atoms with van der Waals surface area (Å²) in [6, 6.07) is 0. The van der Waals surface area contributed by atoms with Crippen LogP contribution in [0.3, 0.4) is 0 Å². The molecular weight excluding hydrogens is 184 g/mol. The van der Waals surface area contributed by atoms with Crippen LogP contribution >= 0.6 is 0 Å². The van der Waals surface area contributed by atoms with E-state index in [0.29, 0.717) is 0 Å². The second-order valence-electron chi connectivity index (χ2n) is 3.96. The fourth-order valence-corrected chi connectivity index (χ4v) is 1.56. The Morgan fingerprint density at radius 2 is 1.20 bits per heavy atom. The molecule has 0 N–H and O–H groups in total. The van der Waals surface area contributed by atoms with Gasteiger partial charge in [0.1, 0.15) is 0 Å². The monoisotopic (exact) mass is 210 g/mol. The SMILES string of the molecule is CCCCC(CC(CCCC)=NC)=NC. The summed E-state index contributed by atoms with van der Waals surface area (Å²) in [6.45, 7) is 4.44. The molecule has 0 bridgehead atoms. The van der Waals surface area contributed by atoms with Crippen LogP contribution in [0.15, 0.2) is 9.98 Å². The number of hydrogen-bond acceptors (Lipinski definition) is 2. The van der Waals surface area contributed by atoms with Crippen molar-refractivity contribution in [2.24, 2.45) is 9.98 Å². The van der Waals surface area contributed by atoms with Crippen molar-refractivity contribution in [3.8, 4) is 0 Å². The van der Waals surface area contributed by atoms with Crippen LogP contribution in [0.4, 0.5) is 0 Å². The minimum absolute atomic E-state index is 0.993. The van der Waals surface area contributed by atoms with Crippen molar-refractivity contribution in [3.63, 3.8) is 0 Å². The van der Waals surface area contributed by atoms with E-state index in [9.17, 15) is 0 Å². The number of hydrogen-bond donors (Lipinski definition) is 0. The van der Waals surface area contributed by atoms with Crippen LogP contribution in [0.2, 0.25) is 0 Å². The molecule has 0 aromatic heterocycles. The van der Waals surface area contributed by atoms with Crippen LogP contribution in [0.5, 0.6) is 0 Å². The number of unbranched alkanes of at least 4 members (excludes halogenated alkanes) is 2. The molecule has 0 saturated heterocycles. The molecule has 88 valence electrons. The minimum atomic E-state index is 0.993. The van der Waals surface area contributed by atoms with Gasteiger partial charge in [-0.1, -0.05) is 26.7 Å². The Morgan fingerprint density at radius 1 is 0.800 bits per heavy atom. The van der Waals surface area contributed by atoms with Gasteiger partial charge in [-0.25, -0.2) is 0 Å². The zero-order chi connectivity index (χ0) is 11.5. The fourth-order valence-electron chi connectivity index (χ4n) is 1.56. The largest absolute Gasteiger partial charge is 0.297 e. The van der Waals surface area contributed by atoms with Crippen LogP contribution in [-0.2, 0) is 0 Å². The van der Waals surface area contributed by atoms with E-state index in [-0.39, 0.29) is 0 Å². The van der Waals surface area contributed by atoms with Crippen LogP contribution in [0.25, 0.3) is 0 Å². The maximum atomic E-state index is 4.36.